The number of alkyl halides is 3. The van der Waals surface area contributed by atoms with Crippen molar-refractivity contribution in [1.29, 1.82) is 0 Å². The van der Waals surface area contributed by atoms with Crippen molar-refractivity contribution in [2.24, 2.45) is 0 Å². The Bertz CT molecular complexity index is 430. The molecular formula is C8H5F4NO3. The topological polar surface area (TPSA) is 52.4 Å². The van der Waals surface area contributed by atoms with Gasteiger partial charge in [0.15, 0.2) is 0 Å². The molecular weight excluding hydrogens is 234 g/mol. The highest BCUT2D eigenvalue weighted by molar-refractivity contribution is 5.49. The van der Waals surface area contributed by atoms with Crippen LogP contribution in [-0.4, -0.2) is 11.3 Å². The van der Waals surface area contributed by atoms with E-state index in [4.69, 9.17) is 0 Å². The number of hydrogen-bond acceptors (Lipinski definition) is 3. The van der Waals surface area contributed by atoms with Gasteiger partial charge < -0.3 is 4.74 Å². The first kappa shape index (κ1) is 12.2. The van der Waals surface area contributed by atoms with Crippen molar-refractivity contribution < 1.29 is 27.2 Å². The van der Waals surface area contributed by atoms with Gasteiger partial charge in [-0.05, 0) is 12.5 Å². The minimum atomic E-state index is -5.10. The van der Waals surface area contributed by atoms with Gasteiger partial charge in [-0.2, -0.15) is 0 Å². The number of hydrogen-bond donors (Lipinski definition) is 0. The first-order chi connectivity index (χ1) is 7.20. The molecule has 0 aliphatic heterocycles. The van der Waals surface area contributed by atoms with Gasteiger partial charge in [-0.3, -0.25) is 10.1 Å². The number of aryl methyl sites for hydroxylation is 1. The first-order valence-corrected chi connectivity index (χ1v) is 3.91. The lowest BCUT2D eigenvalue weighted by molar-refractivity contribution is -0.388. The lowest BCUT2D eigenvalue weighted by Crippen LogP contribution is -2.18. The quantitative estimate of drug-likeness (QED) is 0.453. The molecule has 0 spiro atoms. The standard InChI is InChI=1S/C8H5F4NO3/c1-4-2-6(13(14)15)7(3-5(4)9)16-8(10,11)12/h2-3H,1H3. The predicted molar refractivity (Wildman–Crippen MR) is 44.5 cm³/mol. The van der Waals surface area contributed by atoms with Crippen LogP contribution >= 0.6 is 0 Å². The molecule has 0 aliphatic carbocycles. The lowest BCUT2D eigenvalue weighted by atomic mass is 10.2. The fourth-order valence-electron chi connectivity index (χ4n) is 0.997. The molecule has 0 radical (unpaired) electrons. The summed E-state index contributed by atoms with van der Waals surface area (Å²) in [5, 5.41) is 10.4. The molecule has 16 heavy (non-hydrogen) atoms. The molecule has 0 amide bonds. The van der Waals surface area contributed by atoms with Crippen LogP contribution in [0.3, 0.4) is 0 Å². The average molecular weight is 239 g/mol. The maximum absolute atomic E-state index is 12.9. The summed E-state index contributed by atoms with van der Waals surface area (Å²) in [5.41, 5.74) is -1.07. The Labute approximate surface area is 86.6 Å². The summed E-state index contributed by atoms with van der Waals surface area (Å²) in [4.78, 5) is 9.33. The number of halogens is 4. The smallest absolute Gasteiger partial charge is 0.398 e. The van der Waals surface area contributed by atoms with Crippen molar-refractivity contribution in [3.8, 4) is 5.75 Å². The van der Waals surface area contributed by atoms with Crippen molar-refractivity contribution in [1.82, 2.24) is 0 Å². The third-order valence-electron chi connectivity index (χ3n) is 1.66. The second-order valence-electron chi connectivity index (χ2n) is 2.87. The van der Waals surface area contributed by atoms with Crippen LogP contribution in [-0.2, 0) is 0 Å². The Hall–Kier alpha value is -1.86. The molecule has 0 fully saturated rings. The van der Waals surface area contributed by atoms with Crippen LogP contribution in [0.5, 0.6) is 5.75 Å². The monoisotopic (exact) mass is 239 g/mol. The molecule has 0 atom stereocenters. The Morgan fingerprint density at radius 1 is 1.38 bits per heavy atom. The first-order valence-electron chi connectivity index (χ1n) is 3.91. The molecule has 0 aromatic heterocycles. The Balaban J connectivity index is 3.25. The van der Waals surface area contributed by atoms with Crippen molar-refractivity contribution in [2.75, 3.05) is 0 Å². The third kappa shape index (κ3) is 2.81. The van der Waals surface area contributed by atoms with Crippen LogP contribution in [0.2, 0.25) is 0 Å². The van der Waals surface area contributed by atoms with Crippen molar-refractivity contribution in [3.05, 3.63) is 33.6 Å². The van der Waals surface area contributed by atoms with Crippen LogP contribution in [0.25, 0.3) is 0 Å². The fraction of sp³-hybridized carbons (Fsp3) is 0.250. The highest BCUT2D eigenvalue weighted by Gasteiger charge is 2.34. The van der Waals surface area contributed by atoms with E-state index < -0.39 is 28.5 Å². The molecule has 88 valence electrons. The zero-order valence-electron chi connectivity index (χ0n) is 7.84. The summed E-state index contributed by atoms with van der Waals surface area (Å²) in [6.45, 7) is 1.19. The van der Waals surface area contributed by atoms with Gasteiger partial charge in [-0.1, -0.05) is 0 Å². The number of benzene rings is 1. The molecule has 0 saturated carbocycles. The van der Waals surface area contributed by atoms with Crippen molar-refractivity contribution >= 4 is 5.69 Å². The Morgan fingerprint density at radius 3 is 2.38 bits per heavy atom. The molecule has 0 heterocycles. The molecule has 1 rings (SSSR count). The molecule has 4 nitrogen and oxygen atoms in total. The number of rotatable bonds is 2. The lowest BCUT2D eigenvalue weighted by Gasteiger charge is -2.09. The van der Waals surface area contributed by atoms with Crippen molar-refractivity contribution in [2.45, 2.75) is 13.3 Å². The van der Waals surface area contributed by atoms with Gasteiger partial charge in [0.2, 0.25) is 5.75 Å². The molecule has 0 aliphatic rings. The minimum Gasteiger partial charge on any atom is -0.398 e. The summed E-state index contributed by atoms with van der Waals surface area (Å²) in [7, 11) is 0. The number of nitrogens with zero attached hydrogens (tertiary/aromatic N) is 1. The number of ether oxygens (including phenoxy) is 1. The van der Waals surface area contributed by atoms with Gasteiger partial charge in [0, 0.05) is 12.1 Å². The number of nitro benzene ring substituents is 1. The van der Waals surface area contributed by atoms with Crippen LogP contribution in [0.15, 0.2) is 12.1 Å². The number of nitro groups is 1. The van der Waals surface area contributed by atoms with E-state index >= 15 is 0 Å². The molecule has 1 aromatic rings. The zero-order chi connectivity index (χ0) is 12.5. The molecule has 0 N–H and O–H groups in total. The van der Waals surface area contributed by atoms with Crippen LogP contribution in [0, 0.1) is 22.9 Å². The highest BCUT2D eigenvalue weighted by atomic mass is 19.4. The SMILES string of the molecule is Cc1cc([N+](=O)[O-])c(OC(F)(F)F)cc1F. The summed E-state index contributed by atoms with van der Waals surface area (Å²) < 4.78 is 51.8. The van der Waals surface area contributed by atoms with Crippen LogP contribution < -0.4 is 4.74 Å². The zero-order valence-corrected chi connectivity index (χ0v) is 7.84. The molecule has 0 bridgehead atoms. The van der Waals surface area contributed by atoms with Crippen LogP contribution in [0.1, 0.15) is 5.56 Å². The predicted octanol–water partition coefficient (Wildman–Crippen LogP) is 2.94. The molecule has 8 heteroatoms. The van der Waals surface area contributed by atoms with Crippen LogP contribution in [0.4, 0.5) is 23.2 Å². The summed E-state index contributed by atoms with van der Waals surface area (Å²) in [5.74, 6) is -2.18. The van der Waals surface area contributed by atoms with Gasteiger partial charge in [0.05, 0.1) is 4.92 Å². The summed E-state index contributed by atoms with van der Waals surface area (Å²) in [6, 6.07) is 1.01. The van der Waals surface area contributed by atoms with E-state index in [0.717, 1.165) is 0 Å². The largest absolute Gasteiger partial charge is 0.573 e. The maximum atomic E-state index is 12.9. The fourth-order valence-corrected chi connectivity index (χ4v) is 0.997. The minimum absolute atomic E-state index is 0.138. The van der Waals surface area contributed by atoms with Gasteiger partial charge in [-0.25, -0.2) is 4.39 Å². The van der Waals surface area contributed by atoms with E-state index in [0.29, 0.717) is 12.1 Å². The Morgan fingerprint density at radius 2 is 1.94 bits per heavy atom. The van der Waals surface area contributed by atoms with E-state index in [-0.39, 0.29) is 5.56 Å². The molecule has 1 aromatic carbocycles. The van der Waals surface area contributed by atoms with E-state index in [1.165, 1.54) is 6.92 Å². The molecule has 0 saturated heterocycles. The van der Waals surface area contributed by atoms with Gasteiger partial charge in [0.25, 0.3) is 0 Å². The maximum Gasteiger partial charge on any atom is 0.573 e. The summed E-state index contributed by atoms with van der Waals surface area (Å²) >= 11 is 0. The van der Waals surface area contributed by atoms with E-state index in [9.17, 15) is 27.7 Å². The van der Waals surface area contributed by atoms with Crippen molar-refractivity contribution in [3.63, 3.8) is 0 Å². The third-order valence-corrected chi connectivity index (χ3v) is 1.66. The second-order valence-corrected chi connectivity index (χ2v) is 2.87. The Kier molecular flexibility index (Phi) is 3.02. The average Bonchev–Trinajstić information content (AvgIpc) is 2.07. The second kappa shape index (κ2) is 3.95. The van der Waals surface area contributed by atoms with E-state index in [1.807, 2.05) is 0 Å². The van der Waals surface area contributed by atoms with Gasteiger partial charge in [0.1, 0.15) is 5.82 Å². The highest BCUT2D eigenvalue weighted by Crippen LogP contribution is 2.33. The van der Waals surface area contributed by atoms with Gasteiger partial charge in [-0.15, -0.1) is 13.2 Å². The normalized spacial score (nSPS) is 11.3. The van der Waals surface area contributed by atoms with E-state index in [1.54, 1.807) is 0 Å². The van der Waals surface area contributed by atoms with Gasteiger partial charge >= 0.3 is 12.0 Å². The van der Waals surface area contributed by atoms with E-state index in [2.05, 4.69) is 4.74 Å². The molecule has 0 unspecified atom stereocenters. The summed E-state index contributed by atoms with van der Waals surface area (Å²) in [6.07, 6.45) is -5.10.